The Morgan fingerprint density at radius 1 is 1.33 bits per heavy atom. The topological polar surface area (TPSA) is 35.2 Å². The quantitative estimate of drug-likeness (QED) is 0.812. The van der Waals surface area contributed by atoms with Crippen LogP contribution in [-0.4, -0.2) is 0 Å². The molecule has 1 aromatic heterocycles. The van der Waals surface area contributed by atoms with Gasteiger partial charge in [0.1, 0.15) is 18.2 Å². The smallest absolute Gasteiger partial charge is 0.149 e. The van der Waals surface area contributed by atoms with E-state index in [-0.39, 0.29) is 5.69 Å². The lowest BCUT2D eigenvalue weighted by atomic mass is 10.3. The number of anilines is 1. The Kier molecular flexibility index (Phi) is 2.87. The molecule has 78 valence electrons. The first kappa shape index (κ1) is 9.98. The van der Waals surface area contributed by atoms with E-state index in [9.17, 15) is 4.39 Å². The lowest BCUT2D eigenvalue weighted by Gasteiger charge is -2.05. The minimum absolute atomic E-state index is 0.137. The predicted molar refractivity (Wildman–Crippen MR) is 59.5 cm³/mol. The molecule has 4 heteroatoms. The number of nitrogen functional groups attached to an aromatic ring is 1. The van der Waals surface area contributed by atoms with E-state index in [1.54, 1.807) is 17.4 Å². The van der Waals surface area contributed by atoms with Gasteiger partial charge in [0.2, 0.25) is 0 Å². The van der Waals surface area contributed by atoms with Gasteiger partial charge in [0.25, 0.3) is 0 Å². The molecule has 2 N–H and O–H groups in total. The molecule has 0 unspecified atom stereocenters. The van der Waals surface area contributed by atoms with Crippen molar-refractivity contribution in [2.24, 2.45) is 0 Å². The molecule has 2 nitrogen and oxygen atoms in total. The van der Waals surface area contributed by atoms with Gasteiger partial charge in [0.15, 0.2) is 0 Å². The number of nitrogens with two attached hydrogens (primary N) is 1. The van der Waals surface area contributed by atoms with Crippen molar-refractivity contribution in [2.75, 3.05) is 5.73 Å². The number of rotatable bonds is 3. The lowest BCUT2D eigenvalue weighted by Crippen LogP contribution is -1.96. The maximum atomic E-state index is 13.0. The summed E-state index contributed by atoms with van der Waals surface area (Å²) in [5.74, 6) is 0.0470. The number of hydrogen-bond acceptors (Lipinski definition) is 3. The second kappa shape index (κ2) is 4.31. The van der Waals surface area contributed by atoms with Crippen LogP contribution in [0.5, 0.6) is 5.75 Å². The van der Waals surface area contributed by atoms with Crippen LogP contribution in [0.1, 0.15) is 5.56 Å². The molecule has 0 fully saturated rings. The van der Waals surface area contributed by atoms with Gasteiger partial charge in [0.05, 0.1) is 5.69 Å². The SMILES string of the molecule is Nc1ccc(OCc2ccsc2)cc1F. The summed E-state index contributed by atoms with van der Waals surface area (Å²) in [6, 6.07) is 6.42. The Labute approximate surface area is 91.1 Å². The van der Waals surface area contributed by atoms with Gasteiger partial charge in [-0.2, -0.15) is 11.3 Å². The molecule has 0 amide bonds. The molecule has 0 saturated carbocycles. The van der Waals surface area contributed by atoms with E-state index in [1.807, 2.05) is 16.8 Å². The summed E-state index contributed by atoms with van der Waals surface area (Å²) in [6.45, 7) is 0.451. The fraction of sp³-hybridized carbons (Fsp3) is 0.0909. The minimum atomic E-state index is -0.446. The molecule has 0 aliphatic rings. The fourth-order valence-electron chi connectivity index (χ4n) is 1.14. The number of halogens is 1. The van der Waals surface area contributed by atoms with Crippen LogP contribution in [0.15, 0.2) is 35.0 Å². The largest absolute Gasteiger partial charge is 0.489 e. The molecule has 15 heavy (non-hydrogen) atoms. The highest BCUT2D eigenvalue weighted by atomic mass is 32.1. The zero-order valence-electron chi connectivity index (χ0n) is 7.94. The van der Waals surface area contributed by atoms with Gasteiger partial charge >= 0.3 is 0 Å². The number of benzene rings is 1. The summed E-state index contributed by atoms with van der Waals surface area (Å²) in [4.78, 5) is 0. The first-order valence-corrected chi connectivity index (χ1v) is 5.39. The van der Waals surface area contributed by atoms with Crippen molar-refractivity contribution in [1.82, 2.24) is 0 Å². The summed E-state index contributed by atoms with van der Waals surface area (Å²) >= 11 is 1.61. The van der Waals surface area contributed by atoms with Gasteiger partial charge in [-0.15, -0.1) is 0 Å². The van der Waals surface area contributed by atoms with Crippen LogP contribution in [0, 0.1) is 5.82 Å². The van der Waals surface area contributed by atoms with Crippen molar-refractivity contribution in [3.63, 3.8) is 0 Å². The molecule has 1 aromatic carbocycles. The van der Waals surface area contributed by atoms with Crippen LogP contribution in [0.4, 0.5) is 10.1 Å². The Hall–Kier alpha value is -1.55. The van der Waals surface area contributed by atoms with Crippen molar-refractivity contribution in [1.29, 1.82) is 0 Å². The van der Waals surface area contributed by atoms with E-state index < -0.39 is 5.82 Å². The number of hydrogen-bond donors (Lipinski definition) is 1. The summed E-state index contributed by atoms with van der Waals surface area (Å²) in [5.41, 5.74) is 6.57. The third-order valence-corrected chi connectivity index (χ3v) is 2.69. The molecule has 1 heterocycles. The monoisotopic (exact) mass is 223 g/mol. The van der Waals surface area contributed by atoms with E-state index in [0.29, 0.717) is 12.4 Å². The Morgan fingerprint density at radius 3 is 2.87 bits per heavy atom. The second-order valence-corrected chi connectivity index (χ2v) is 3.88. The standard InChI is InChI=1S/C11H10FNOS/c12-10-5-9(1-2-11(10)13)14-6-8-3-4-15-7-8/h1-5,7H,6,13H2. The molecular weight excluding hydrogens is 213 g/mol. The van der Waals surface area contributed by atoms with Crippen molar-refractivity contribution in [2.45, 2.75) is 6.61 Å². The van der Waals surface area contributed by atoms with Crippen molar-refractivity contribution in [3.8, 4) is 5.75 Å². The van der Waals surface area contributed by atoms with E-state index >= 15 is 0 Å². The molecule has 2 aromatic rings. The molecular formula is C11H10FNOS. The van der Waals surface area contributed by atoms with Crippen LogP contribution < -0.4 is 10.5 Å². The van der Waals surface area contributed by atoms with Crippen molar-refractivity contribution >= 4 is 17.0 Å². The highest BCUT2D eigenvalue weighted by molar-refractivity contribution is 7.07. The predicted octanol–water partition coefficient (Wildman–Crippen LogP) is 3.05. The lowest BCUT2D eigenvalue weighted by molar-refractivity contribution is 0.305. The summed E-state index contributed by atoms with van der Waals surface area (Å²) in [6.07, 6.45) is 0. The zero-order valence-corrected chi connectivity index (χ0v) is 8.76. The number of thiophene rings is 1. The Morgan fingerprint density at radius 2 is 2.20 bits per heavy atom. The normalized spacial score (nSPS) is 10.2. The molecule has 0 radical (unpaired) electrons. The Bertz CT molecular complexity index is 442. The third kappa shape index (κ3) is 2.47. The van der Waals surface area contributed by atoms with Gasteiger partial charge in [-0.25, -0.2) is 4.39 Å². The van der Waals surface area contributed by atoms with Gasteiger partial charge in [-0.3, -0.25) is 0 Å². The molecule has 0 aliphatic carbocycles. The van der Waals surface area contributed by atoms with Crippen molar-refractivity contribution in [3.05, 3.63) is 46.4 Å². The average Bonchev–Trinajstić information content (AvgIpc) is 2.73. The molecule has 0 atom stereocenters. The van der Waals surface area contributed by atoms with Crippen molar-refractivity contribution < 1.29 is 9.13 Å². The maximum Gasteiger partial charge on any atom is 0.149 e. The average molecular weight is 223 g/mol. The van der Waals surface area contributed by atoms with Gasteiger partial charge in [0, 0.05) is 6.07 Å². The fourth-order valence-corrected chi connectivity index (χ4v) is 1.79. The summed E-state index contributed by atoms with van der Waals surface area (Å²) in [7, 11) is 0. The van der Waals surface area contributed by atoms with E-state index in [1.165, 1.54) is 12.1 Å². The Balaban J connectivity index is 2.02. The summed E-state index contributed by atoms with van der Waals surface area (Å²) in [5, 5.41) is 3.97. The molecule has 0 bridgehead atoms. The molecule has 0 aliphatic heterocycles. The molecule has 0 spiro atoms. The van der Waals surface area contributed by atoms with Crippen LogP contribution in [0.3, 0.4) is 0 Å². The van der Waals surface area contributed by atoms with Gasteiger partial charge in [-0.1, -0.05) is 0 Å². The van der Waals surface area contributed by atoms with E-state index in [2.05, 4.69) is 0 Å². The first-order valence-electron chi connectivity index (χ1n) is 4.44. The zero-order chi connectivity index (χ0) is 10.7. The first-order chi connectivity index (χ1) is 7.25. The third-order valence-electron chi connectivity index (χ3n) is 1.96. The highest BCUT2D eigenvalue weighted by Gasteiger charge is 2.01. The molecule has 0 saturated heterocycles. The van der Waals surface area contributed by atoms with Gasteiger partial charge < -0.3 is 10.5 Å². The number of ether oxygens (including phenoxy) is 1. The highest BCUT2D eigenvalue weighted by Crippen LogP contribution is 2.19. The molecule has 2 rings (SSSR count). The minimum Gasteiger partial charge on any atom is -0.489 e. The maximum absolute atomic E-state index is 13.0. The van der Waals surface area contributed by atoms with Crippen LogP contribution in [0.25, 0.3) is 0 Å². The van der Waals surface area contributed by atoms with E-state index in [0.717, 1.165) is 5.56 Å². The second-order valence-electron chi connectivity index (χ2n) is 3.10. The van der Waals surface area contributed by atoms with Gasteiger partial charge in [-0.05, 0) is 34.5 Å². The van der Waals surface area contributed by atoms with Crippen LogP contribution in [0.2, 0.25) is 0 Å². The van der Waals surface area contributed by atoms with E-state index in [4.69, 9.17) is 10.5 Å². The van der Waals surface area contributed by atoms with Crippen LogP contribution in [-0.2, 0) is 6.61 Å². The van der Waals surface area contributed by atoms with Crippen LogP contribution >= 0.6 is 11.3 Å². The summed E-state index contributed by atoms with van der Waals surface area (Å²) < 4.78 is 18.4.